The normalized spacial score (nSPS) is 16.4. The van der Waals surface area contributed by atoms with Gasteiger partial charge in [-0.3, -0.25) is 14.7 Å². The van der Waals surface area contributed by atoms with Gasteiger partial charge in [0.2, 0.25) is 5.91 Å². The average Bonchev–Trinajstić information content (AvgIpc) is 3.58. The lowest BCUT2D eigenvalue weighted by atomic mass is 10.0. The molecule has 1 aromatic carbocycles. The van der Waals surface area contributed by atoms with Gasteiger partial charge in [0.1, 0.15) is 32.0 Å². The van der Waals surface area contributed by atoms with Crippen LogP contribution in [0.1, 0.15) is 25.0 Å². The number of benzene rings is 1. The fraction of sp³-hybridized carbons (Fsp3) is 0.320. The van der Waals surface area contributed by atoms with Crippen LogP contribution in [0.15, 0.2) is 52.9 Å². The number of rotatable bonds is 8. The predicted molar refractivity (Wildman–Crippen MR) is 149 cm³/mol. The highest BCUT2D eigenvalue weighted by Gasteiger charge is 2.41. The van der Waals surface area contributed by atoms with Crippen molar-refractivity contribution in [3.05, 3.63) is 58.7 Å². The van der Waals surface area contributed by atoms with Gasteiger partial charge in [0.25, 0.3) is 10.0 Å². The van der Waals surface area contributed by atoms with E-state index in [4.69, 9.17) is 26.1 Å². The van der Waals surface area contributed by atoms with Crippen molar-refractivity contribution in [1.29, 1.82) is 0 Å². The zero-order chi connectivity index (χ0) is 26.9. The topological polar surface area (TPSA) is 102 Å². The van der Waals surface area contributed by atoms with Crippen molar-refractivity contribution in [3.8, 4) is 11.5 Å². The molecule has 1 fully saturated rings. The van der Waals surface area contributed by atoms with E-state index in [0.29, 0.717) is 45.0 Å². The summed E-state index contributed by atoms with van der Waals surface area (Å²) in [4.78, 5) is 24.9. The van der Waals surface area contributed by atoms with Crippen LogP contribution < -0.4 is 14.4 Å². The number of sulfonamides is 1. The molecule has 1 aliphatic heterocycles. The molecule has 5 rings (SSSR count). The van der Waals surface area contributed by atoms with Gasteiger partial charge in [0.15, 0.2) is 5.13 Å². The van der Waals surface area contributed by atoms with Crippen LogP contribution in [0.25, 0.3) is 10.2 Å². The number of anilines is 1. The summed E-state index contributed by atoms with van der Waals surface area (Å²) in [6, 6.07) is 11.1. The van der Waals surface area contributed by atoms with Crippen molar-refractivity contribution in [2.75, 3.05) is 25.7 Å². The molecular formula is C25H25ClN4O5S3. The Bertz CT molecular complexity index is 1520. The van der Waals surface area contributed by atoms with Crippen molar-refractivity contribution < 1.29 is 22.7 Å². The Labute approximate surface area is 233 Å². The molecule has 200 valence electrons. The molecule has 38 heavy (non-hydrogen) atoms. The van der Waals surface area contributed by atoms with Crippen LogP contribution in [0.5, 0.6) is 11.5 Å². The first kappa shape index (κ1) is 26.8. The number of aromatic nitrogens is 2. The first-order chi connectivity index (χ1) is 18.3. The number of nitrogens with zero attached hydrogens (tertiary/aromatic N) is 4. The summed E-state index contributed by atoms with van der Waals surface area (Å²) < 4.78 is 40.7. The van der Waals surface area contributed by atoms with E-state index in [9.17, 15) is 13.2 Å². The molecule has 1 aliphatic rings. The highest BCUT2D eigenvalue weighted by Crippen LogP contribution is 2.41. The SMILES string of the molecule is COc1ccc(OC)c2sc(N(Cc3ccccn3)C(=O)C3CCCCN3S(=O)(=O)c3ccc(Cl)s3)nc12. The minimum Gasteiger partial charge on any atom is -0.495 e. The largest absolute Gasteiger partial charge is 0.495 e. The fourth-order valence-electron chi connectivity index (χ4n) is 4.45. The fourth-order valence-corrected chi connectivity index (χ4v) is 8.80. The van der Waals surface area contributed by atoms with Gasteiger partial charge in [-0.15, -0.1) is 11.3 Å². The van der Waals surface area contributed by atoms with Gasteiger partial charge in [0.05, 0.1) is 30.8 Å². The van der Waals surface area contributed by atoms with E-state index in [0.717, 1.165) is 22.5 Å². The first-order valence-corrected chi connectivity index (χ1v) is 15.3. The van der Waals surface area contributed by atoms with Gasteiger partial charge in [0, 0.05) is 12.7 Å². The molecule has 0 radical (unpaired) electrons. The van der Waals surface area contributed by atoms with Crippen LogP contribution in [0.4, 0.5) is 5.13 Å². The van der Waals surface area contributed by atoms with Gasteiger partial charge >= 0.3 is 0 Å². The maximum Gasteiger partial charge on any atom is 0.253 e. The summed E-state index contributed by atoms with van der Waals surface area (Å²) in [6.07, 6.45) is 3.44. The molecule has 4 heterocycles. The van der Waals surface area contributed by atoms with Crippen LogP contribution in [0.2, 0.25) is 4.34 Å². The molecule has 1 atom stereocenters. The van der Waals surface area contributed by atoms with Crippen molar-refractivity contribution in [2.45, 2.75) is 36.1 Å². The molecule has 0 aliphatic carbocycles. The summed E-state index contributed by atoms with van der Waals surface area (Å²) in [7, 11) is -0.800. The number of hydrogen-bond donors (Lipinski definition) is 0. The highest BCUT2D eigenvalue weighted by molar-refractivity contribution is 7.91. The lowest BCUT2D eigenvalue weighted by molar-refractivity contribution is -0.123. The second-order valence-electron chi connectivity index (χ2n) is 8.58. The van der Waals surface area contributed by atoms with Crippen LogP contribution in [-0.4, -0.2) is 55.4 Å². The molecular weight excluding hydrogens is 568 g/mol. The van der Waals surface area contributed by atoms with Gasteiger partial charge in [-0.2, -0.15) is 4.31 Å². The Balaban J connectivity index is 1.59. The summed E-state index contributed by atoms with van der Waals surface area (Å²) >= 11 is 8.31. The number of thiophene rings is 1. The smallest absolute Gasteiger partial charge is 0.253 e. The summed E-state index contributed by atoms with van der Waals surface area (Å²) in [5.41, 5.74) is 1.21. The summed E-state index contributed by atoms with van der Waals surface area (Å²) in [5.74, 6) is 0.787. The maximum absolute atomic E-state index is 14.3. The quantitative estimate of drug-likeness (QED) is 0.277. The lowest BCUT2D eigenvalue weighted by Gasteiger charge is -2.35. The minimum atomic E-state index is -3.92. The Kier molecular flexibility index (Phi) is 7.87. The van der Waals surface area contributed by atoms with E-state index in [-0.39, 0.29) is 23.2 Å². The number of fused-ring (bicyclic) bond motifs is 1. The molecule has 1 saturated heterocycles. The number of carbonyl (C=O) groups excluding carboxylic acids is 1. The van der Waals surface area contributed by atoms with Crippen LogP contribution in [0.3, 0.4) is 0 Å². The van der Waals surface area contributed by atoms with Gasteiger partial charge < -0.3 is 9.47 Å². The number of piperidine rings is 1. The van der Waals surface area contributed by atoms with Gasteiger partial charge in [-0.1, -0.05) is 35.4 Å². The zero-order valence-electron chi connectivity index (χ0n) is 20.7. The van der Waals surface area contributed by atoms with E-state index in [1.807, 2.05) is 12.1 Å². The molecule has 0 N–H and O–H groups in total. The second-order valence-corrected chi connectivity index (χ2v) is 13.4. The van der Waals surface area contributed by atoms with Gasteiger partial charge in [-0.25, -0.2) is 13.4 Å². The van der Waals surface area contributed by atoms with Gasteiger partial charge in [-0.05, 0) is 49.2 Å². The number of carbonyl (C=O) groups is 1. The van der Waals surface area contributed by atoms with E-state index < -0.39 is 16.1 Å². The van der Waals surface area contributed by atoms with E-state index >= 15 is 0 Å². The van der Waals surface area contributed by atoms with Crippen molar-refractivity contribution in [2.24, 2.45) is 0 Å². The number of hydrogen-bond acceptors (Lipinski definition) is 9. The molecule has 9 nitrogen and oxygen atoms in total. The monoisotopic (exact) mass is 592 g/mol. The zero-order valence-corrected chi connectivity index (χ0v) is 23.9. The van der Waals surface area contributed by atoms with Crippen molar-refractivity contribution in [1.82, 2.24) is 14.3 Å². The van der Waals surface area contributed by atoms with Crippen molar-refractivity contribution >= 4 is 65.6 Å². The minimum absolute atomic E-state index is 0.118. The average molecular weight is 593 g/mol. The lowest BCUT2D eigenvalue weighted by Crippen LogP contribution is -2.52. The Morgan fingerprint density at radius 2 is 1.89 bits per heavy atom. The van der Waals surface area contributed by atoms with E-state index in [2.05, 4.69) is 4.98 Å². The molecule has 3 aromatic heterocycles. The standard InChI is InChI=1S/C25H25ClN4O5S3/c1-34-18-9-10-19(35-2)23-22(18)28-25(37-23)29(15-16-7-3-5-13-27-16)24(31)17-8-4-6-14-30(17)38(32,33)21-12-11-20(26)36-21/h3,5,7,9-13,17H,4,6,8,14-15H2,1-2H3. The number of methoxy groups -OCH3 is 2. The molecule has 0 bridgehead atoms. The van der Waals surface area contributed by atoms with E-state index in [1.165, 1.54) is 26.6 Å². The number of amides is 1. The molecule has 0 spiro atoms. The molecule has 1 unspecified atom stereocenters. The number of ether oxygens (including phenoxy) is 2. The van der Waals surface area contributed by atoms with Crippen LogP contribution in [0, 0.1) is 0 Å². The third kappa shape index (κ3) is 5.10. The van der Waals surface area contributed by atoms with E-state index in [1.54, 1.807) is 44.7 Å². The predicted octanol–water partition coefficient (Wildman–Crippen LogP) is 5.20. The second kappa shape index (κ2) is 11.1. The molecule has 0 saturated carbocycles. The third-order valence-corrected chi connectivity index (χ3v) is 11.0. The number of halogens is 1. The van der Waals surface area contributed by atoms with Crippen LogP contribution >= 0.6 is 34.3 Å². The summed E-state index contributed by atoms with van der Waals surface area (Å²) in [6.45, 7) is 0.368. The molecule has 13 heteroatoms. The number of pyridine rings is 1. The van der Waals surface area contributed by atoms with Crippen LogP contribution in [-0.2, 0) is 21.4 Å². The Morgan fingerprint density at radius 1 is 1.11 bits per heavy atom. The third-order valence-electron chi connectivity index (χ3n) is 6.29. The maximum atomic E-state index is 14.3. The molecule has 4 aromatic rings. The first-order valence-electron chi connectivity index (χ1n) is 11.8. The Morgan fingerprint density at radius 3 is 2.58 bits per heavy atom. The highest BCUT2D eigenvalue weighted by atomic mass is 35.5. The Hall–Kier alpha value is -2.77. The molecule has 1 amide bonds. The van der Waals surface area contributed by atoms with Crippen molar-refractivity contribution in [3.63, 3.8) is 0 Å². The summed E-state index contributed by atoms with van der Waals surface area (Å²) in [5, 5.41) is 0.403. The number of thiazole rings is 1.